The van der Waals surface area contributed by atoms with Gasteiger partial charge in [-0.25, -0.2) is 0 Å². The van der Waals surface area contributed by atoms with Crippen LogP contribution in [0.5, 0.6) is 0 Å². The van der Waals surface area contributed by atoms with Gasteiger partial charge < -0.3 is 10.3 Å². The minimum Gasteiger partial charge on any atom is -0.359 e. The summed E-state index contributed by atoms with van der Waals surface area (Å²) in [6.45, 7) is 5.52. The molecule has 0 unspecified atom stereocenters. The smallest absolute Gasteiger partial charge is 0.154 e. The lowest BCUT2D eigenvalue weighted by Gasteiger charge is -2.10. The van der Waals surface area contributed by atoms with Crippen LogP contribution in [0.4, 0.5) is 5.69 Å². The fraction of sp³-hybridized carbons (Fsp3) is 0.150. The minimum absolute atomic E-state index is 0.0416. The first-order valence-electron chi connectivity index (χ1n) is 7.67. The molecule has 0 atom stereocenters. The molecule has 23 heavy (non-hydrogen) atoms. The number of hydrogen-bond acceptors (Lipinski definition) is 2. The first-order chi connectivity index (χ1) is 11.0. The van der Waals surface area contributed by atoms with Gasteiger partial charge in [0, 0.05) is 28.0 Å². The Morgan fingerprint density at radius 1 is 1.09 bits per heavy atom. The summed E-state index contributed by atoms with van der Waals surface area (Å²) >= 11 is 0. The number of H-pyrrole nitrogens is 1. The Bertz CT molecular complexity index is 889. The lowest BCUT2D eigenvalue weighted by atomic mass is 10.1. The van der Waals surface area contributed by atoms with Crippen molar-refractivity contribution < 1.29 is 4.79 Å². The lowest BCUT2D eigenvalue weighted by molar-refractivity contribution is -0.112. The van der Waals surface area contributed by atoms with Gasteiger partial charge in [-0.15, -0.1) is 0 Å². The van der Waals surface area contributed by atoms with Gasteiger partial charge in [0.25, 0.3) is 0 Å². The second kappa shape index (κ2) is 6.13. The van der Waals surface area contributed by atoms with Crippen LogP contribution in [0.2, 0.25) is 0 Å². The summed E-state index contributed by atoms with van der Waals surface area (Å²) in [6.07, 6.45) is 1.60. The van der Waals surface area contributed by atoms with Gasteiger partial charge in [0.05, 0.1) is 0 Å². The SMILES string of the molecule is CC(=O)C=C(C)Nc1cc2[nH]c(-c3ccccc3)cc2cc1C. The Morgan fingerprint density at radius 3 is 2.52 bits per heavy atom. The fourth-order valence-electron chi connectivity index (χ4n) is 2.76. The van der Waals surface area contributed by atoms with Crippen LogP contribution in [-0.4, -0.2) is 10.8 Å². The number of aryl methyl sites for hydroxylation is 1. The molecule has 0 fully saturated rings. The zero-order valence-electron chi connectivity index (χ0n) is 13.6. The summed E-state index contributed by atoms with van der Waals surface area (Å²) in [5, 5.41) is 4.48. The van der Waals surface area contributed by atoms with Crippen molar-refractivity contribution in [2.24, 2.45) is 0 Å². The molecule has 3 nitrogen and oxygen atoms in total. The highest BCUT2D eigenvalue weighted by Gasteiger charge is 2.07. The average molecular weight is 304 g/mol. The first kappa shape index (κ1) is 15.1. The molecular formula is C20H20N2O. The number of carbonyl (C=O) groups excluding carboxylic acids is 1. The molecule has 3 rings (SSSR count). The van der Waals surface area contributed by atoms with Crippen LogP contribution in [0.25, 0.3) is 22.2 Å². The summed E-state index contributed by atoms with van der Waals surface area (Å²) in [6, 6.07) is 16.7. The van der Waals surface area contributed by atoms with Crippen LogP contribution in [0.1, 0.15) is 19.4 Å². The van der Waals surface area contributed by atoms with Crippen LogP contribution in [0.15, 0.2) is 60.3 Å². The van der Waals surface area contributed by atoms with Crippen molar-refractivity contribution in [3.05, 3.63) is 65.9 Å². The van der Waals surface area contributed by atoms with Gasteiger partial charge in [-0.2, -0.15) is 0 Å². The van der Waals surface area contributed by atoms with E-state index < -0.39 is 0 Å². The number of nitrogens with one attached hydrogen (secondary N) is 2. The molecule has 0 radical (unpaired) electrons. The van der Waals surface area contributed by atoms with Crippen molar-refractivity contribution in [1.82, 2.24) is 4.98 Å². The predicted molar refractivity (Wildman–Crippen MR) is 96.5 cm³/mol. The molecule has 0 saturated heterocycles. The number of benzene rings is 2. The number of aromatic amines is 1. The zero-order valence-corrected chi connectivity index (χ0v) is 13.6. The van der Waals surface area contributed by atoms with Crippen molar-refractivity contribution in [2.75, 3.05) is 5.32 Å². The normalized spacial score (nSPS) is 11.7. The van der Waals surface area contributed by atoms with E-state index >= 15 is 0 Å². The van der Waals surface area contributed by atoms with E-state index in [1.807, 2.05) is 25.1 Å². The second-order valence-electron chi connectivity index (χ2n) is 5.87. The Labute approximate surface area is 136 Å². The number of fused-ring (bicyclic) bond motifs is 1. The summed E-state index contributed by atoms with van der Waals surface area (Å²) < 4.78 is 0. The van der Waals surface area contributed by atoms with E-state index in [9.17, 15) is 4.79 Å². The second-order valence-corrected chi connectivity index (χ2v) is 5.87. The highest BCUT2D eigenvalue weighted by molar-refractivity contribution is 5.91. The monoisotopic (exact) mass is 304 g/mol. The summed E-state index contributed by atoms with van der Waals surface area (Å²) in [4.78, 5) is 14.6. The van der Waals surface area contributed by atoms with Crippen LogP contribution in [0, 0.1) is 6.92 Å². The number of hydrogen-bond donors (Lipinski definition) is 2. The van der Waals surface area contributed by atoms with E-state index in [4.69, 9.17) is 0 Å². The van der Waals surface area contributed by atoms with Crippen molar-refractivity contribution in [2.45, 2.75) is 20.8 Å². The maximum absolute atomic E-state index is 11.2. The molecule has 0 bridgehead atoms. The number of carbonyl (C=O) groups is 1. The molecule has 0 amide bonds. The van der Waals surface area contributed by atoms with E-state index in [0.717, 1.165) is 28.2 Å². The van der Waals surface area contributed by atoms with E-state index in [1.165, 1.54) is 10.9 Å². The molecule has 0 saturated carbocycles. The fourth-order valence-corrected chi connectivity index (χ4v) is 2.76. The molecule has 2 aromatic carbocycles. The van der Waals surface area contributed by atoms with E-state index in [1.54, 1.807) is 13.0 Å². The molecule has 0 aliphatic carbocycles. The van der Waals surface area contributed by atoms with Gasteiger partial charge in [0.15, 0.2) is 5.78 Å². The number of rotatable bonds is 4. The minimum atomic E-state index is 0.0416. The van der Waals surface area contributed by atoms with Crippen LogP contribution in [0.3, 0.4) is 0 Å². The van der Waals surface area contributed by atoms with E-state index in [0.29, 0.717) is 0 Å². The van der Waals surface area contributed by atoms with Gasteiger partial charge >= 0.3 is 0 Å². The van der Waals surface area contributed by atoms with Gasteiger partial charge in [0.1, 0.15) is 0 Å². The topological polar surface area (TPSA) is 44.9 Å². The Hall–Kier alpha value is -2.81. The van der Waals surface area contributed by atoms with Crippen LogP contribution >= 0.6 is 0 Å². The van der Waals surface area contributed by atoms with E-state index in [2.05, 4.69) is 47.6 Å². The molecule has 1 heterocycles. The molecule has 3 heteroatoms. The molecule has 0 aliphatic heterocycles. The molecular weight excluding hydrogens is 284 g/mol. The summed E-state index contributed by atoms with van der Waals surface area (Å²) in [7, 11) is 0. The van der Waals surface area contributed by atoms with Crippen molar-refractivity contribution >= 4 is 22.4 Å². The molecule has 0 spiro atoms. The van der Waals surface area contributed by atoms with Crippen molar-refractivity contribution in [1.29, 1.82) is 0 Å². The number of allylic oxidation sites excluding steroid dienone is 2. The number of ketones is 1. The first-order valence-corrected chi connectivity index (χ1v) is 7.67. The number of aromatic nitrogens is 1. The lowest BCUT2D eigenvalue weighted by Crippen LogP contribution is -2.00. The van der Waals surface area contributed by atoms with Crippen molar-refractivity contribution in [3.63, 3.8) is 0 Å². The summed E-state index contributed by atoms with van der Waals surface area (Å²) in [5.41, 5.74) is 6.35. The third-order valence-electron chi connectivity index (χ3n) is 3.80. The average Bonchev–Trinajstić information content (AvgIpc) is 2.90. The highest BCUT2D eigenvalue weighted by atomic mass is 16.1. The number of anilines is 1. The summed E-state index contributed by atoms with van der Waals surface area (Å²) in [5.74, 6) is 0.0416. The van der Waals surface area contributed by atoms with Gasteiger partial charge in [-0.3, -0.25) is 4.79 Å². The van der Waals surface area contributed by atoms with Crippen LogP contribution in [-0.2, 0) is 4.79 Å². The maximum Gasteiger partial charge on any atom is 0.154 e. The molecule has 3 aromatic rings. The quantitative estimate of drug-likeness (QED) is 0.663. The molecule has 1 aromatic heterocycles. The zero-order chi connectivity index (χ0) is 16.4. The molecule has 2 N–H and O–H groups in total. The van der Waals surface area contributed by atoms with Gasteiger partial charge in [-0.05, 0) is 56.2 Å². The van der Waals surface area contributed by atoms with Crippen molar-refractivity contribution in [3.8, 4) is 11.3 Å². The van der Waals surface area contributed by atoms with Gasteiger partial charge in [0.2, 0.25) is 0 Å². The van der Waals surface area contributed by atoms with E-state index in [-0.39, 0.29) is 5.78 Å². The highest BCUT2D eigenvalue weighted by Crippen LogP contribution is 2.28. The van der Waals surface area contributed by atoms with Gasteiger partial charge in [-0.1, -0.05) is 30.3 Å². The van der Waals surface area contributed by atoms with Crippen LogP contribution < -0.4 is 5.32 Å². The maximum atomic E-state index is 11.2. The Kier molecular flexibility index (Phi) is 4.02. The third-order valence-corrected chi connectivity index (χ3v) is 3.80. The predicted octanol–water partition coefficient (Wildman–Crippen LogP) is 5.05. The Balaban J connectivity index is 1.99. The standard InChI is InChI=1S/C20H20N2O/c1-13-9-17-11-19(16-7-5-4-6-8-16)22-20(17)12-18(13)21-14(2)10-15(3)23/h4-12,21-22H,1-3H3. The molecule has 116 valence electrons. The third kappa shape index (κ3) is 3.34. The Morgan fingerprint density at radius 2 is 1.83 bits per heavy atom. The molecule has 0 aliphatic rings. The largest absolute Gasteiger partial charge is 0.359 e.